The summed E-state index contributed by atoms with van der Waals surface area (Å²) >= 11 is 0. The van der Waals surface area contributed by atoms with E-state index in [2.05, 4.69) is 105 Å². The van der Waals surface area contributed by atoms with Crippen molar-refractivity contribution in [3.63, 3.8) is 0 Å². The number of hydrogen-bond acceptors (Lipinski definition) is 3. The van der Waals surface area contributed by atoms with Gasteiger partial charge in [-0.05, 0) is 227 Å². The zero-order valence-corrected chi connectivity index (χ0v) is 47.0. The Morgan fingerprint density at radius 3 is 1.69 bits per heavy atom. The molecular formula is C65H99F3N2O2. The normalized spacial score (nSPS) is 34.4. The van der Waals surface area contributed by atoms with Crippen LogP contribution < -0.4 is 11.1 Å². The maximum atomic E-state index is 12.9. The lowest BCUT2D eigenvalue weighted by Crippen LogP contribution is -2.40. The second-order valence-electron chi connectivity index (χ2n) is 27.0. The molecule has 12 atom stereocenters. The first kappa shape index (κ1) is 58.1. The second kappa shape index (κ2) is 23.8. The molecule has 402 valence electrons. The van der Waals surface area contributed by atoms with Crippen LogP contribution in [0.2, 0.25) is 0 Å². The highest BCUT2D eigenvalue weighted by molar-refractivity contribution is 5.94. The number of allylic oxidation sites excluding steroid dienone is 6. The number of halogens is 3. The Morgan fingerprint density at radius 2 is 1.22 bits per heavy atom. The average molecular weight is 998 g/mol. The Kier molecular flexibility index (Phi) is 19.2. The standard InChI is InChI=1S/C36H50F3NO2.C29H49N/c1-23-21-28(25(3)32(22-23)40-33(41)27-13-15-29(16-14-27)36(37,38)39)12-11-26-10-8-20-35(6)30(17-18-31(26)35)24(2)9-7-19-34(4,5)42;1-20-18-24(22(3)27(30)19-20)13-12-23-11-9-17-29(7)25(14-15-26(23)29)21(2)10-8-16-28(4,5)6/h11-16,23-24,30-32,42H,3,7-10,17-22H2,1-2,4-6H3,(H,40,41);12-13,20-21,25-27H,3,8-11,14-19,30H2,1-2,4-7H3/b26-11+,28-12-;23-12+,24-13-/t23-,24-,30-,31+,32+,35-;20-,21-,25-,26+,27+,29-/m11/s1. The van der Waals surface area contributed by atoms with Gasteiger partial charge in [-0.3, -0.25) is 4.79 Å². The van der Waals surface area contributed by atoms with E-state index in [4.69, 9.17) is 5.73 Å². The van der Waals surface area contributed by atoms with Gasteiger partial charge < -0.3 is 16.2 Å². The maximum absolute atomic E-state index is 12.9. The smallest absolute Gasteiger partial charge is 0.390 e. The minimum absolute atomic E-state index is 0.153. The molecule has 1 aromatic carbocycles. The van der Waals surface area contributed by atoms with Crippen molar-refractivity contribution in [1.82, 2.24) is 5.32 Å². The fourth-order valence-electron chi connectivity index (χ4n) is 15.4. The zero-order valence-electron chi connectivity index (χ0n) is 47.0. The van der Waals surface area contributed by atoms with Crippen molar-refractivity contribution in [2.24, 2.45) is 69.3 Å². The van der Waals surface area contributed by atoms with Gasteiger partial charge >= 0.3 is 6.18 Å². The van der Waals surface area contributed by atoms with Crippen molar-refractivity contribution in [3.8, 4) is 0 Å². The summed E-state index contributed by atoms with van der Waals surface area (Å²) in [6.45, 7) is 34.2. The number of fused-ring (bicyclic) bond motifs is 2. The highest BCUT2D eigenvalue weighted by Gasteiger charge is 2.52. The molecule has 0 unspecified atom stereocenters. The van der Waals surface area contributed by atoms with Gasteiger partial charge in [-0.1, -0.05) is 137 Å². The molecule has 0 heterocycles. The molecule has 0 aliphatic heterocycles. The third-order valence-corrected chi connectivity index (χ3v) is 19.4. The first-order chi connectivity index (χ1) is 33.6. The predicted molar refractivity (Wildman–Crippen MR) is 296 cm³/mol. The minimum Gasteiger partial charge on any atom is -0.390 e. The number of carbonyl (C=O) groups excluding carboxylic acids is 1. The van der Waals surface area contributed by atoms with Crippen molar-refractivity contribution in [3.05, 3.63) is 106 Å². The Bertz CT molecular complexity index is 2160. The molecule has 6 aliphatic rings. The SMILES string of the molecule is C=C1/C(=C\C=C2/CCC[C@]3(C)[C@@H]([C@H](C)CCCC(C)(C)C)CC[C@@H]23)C[C@@H](C)C[C@@H]1N.C=C1/C(=C\C=C2/CCC[C@]3(C)[C@@H]([C@H](C)CCCC(C)(C)O)CC[C@@H]23)C[C@@H](C)C[C@@H]1NC(=O)c1ccc(C(F)(F)F)cc1. The van der Waals surface area contributed by atoms with Crippen LogP contribution >= 0.6 is 0 Å². The van der Waals surface area contributed by atoms with Crippen LogP contribution in [0, 0.1) is 63.6 Å². The van der Waals surface area contributed by atoms with Crippen molar-refractivity contribution in [1.29, 1.82) is 0 Å². The summed E-state index contributed by atoms with van der Waals surface area (Å²) in [5.41, 5.74) is 14.4. The number of nitrogens with two attached hydrogens (primary N) is 1. The molecule has 7 heteroatoms. The molecule has 0 radical (unpaired) electrons. The van der Waals surface area contributed by atoms with Crippen LogP contribution in [0.1, 0.15) is 220 Å². The number of aliphatic hydroxyl groups is 1. The number of benzene rings is 1. The highest BCUT2D eigenvalue weighted by atomic mass is 19.4. The van der Waals surface area contributed by atoms with E-state index in [-0.39, 0.29) is 23.6 Å². The predicted octanol–water partition coefficient (Wildman–Crippen LogP) is 17.7. The molecule has 0 aromatic heterocycles. The van der Waals surface area contributed by atoms with Gasteiger partial charge in [0.1, 0.15) is 0 Å². The van der Waals surface area contributed by atoms with Crippen molar-refractivity contribution < 1.29 is 23.1 Å². The number of carbonyl (C=O) groups is 1. The monoisotopic (exact) mass is 997 g/mol. The van der Waals surface area contributed by atoms with E-state index in [1.807, 2.05) is 13.8 Å². The highest BCUT2D eigenvalue weighted by Crippen LogP contribution is 2.61. The maximum Gasteiger partial charge on any atom is 0.416 e. The summed E-state index contributed by atoms with van der Waals surface area (Å²) in [6, 6.07) is 4.28. The van der Waals surface area contributed by atoms with Gasteiger partial charge in [-0.25, -0.2) is 0 Å². The van der Waals surface area contributed by atoms with Gasteiger partial charge in [0.15, 0.2) is 0 Å². The molecule has 4 N–H and O–H groups in total. The Labute approximate surface area is 436 Å². The molecule has 0 bridgehead atoms. The molecule has 1 aromatic rings. The zero-order chi connectivity index (χ0) is 53.0. The Hall–Kier alpha value is -3.16. The largest absolute Gasteiger partial charge is 0.416 e. The molecule has 6 aliphatic carbocycles. The van der Waals surface area contributed by atoms with Gasteiger partial charge in [0.05, 0.1) is 17.2 Å². The molecule has 0 spiro atoms. The summed E-state index contributed by atoms with van der Waals surface area (Å²) in [6.07, 6.45) is 29.2. The number of nitrogens with one attached hydrogen (secondary N) is 1. The van der Waals surface area contributed by atoms with E-state index in [1.165, 1.54) is 100 Å². The van der Waals surface area contributed by atoms with E-state index in [1.54, 1.807) is 11.1 Å². The van der Waals surface area contributed by atoms with Gasteiger partial charge in [0, 0.05) is 11.6 Å². The first-order valence-electron chi connectivity index (χ1n) is 28.7. The van der Waals surface area contributed by atoms with Crippen LogP contribution in [0.5, 0.6) is 0 Å². The van der Waals surface area contributed by atoms with Crippen LogP contribution in [0.15, 0.2) is 95.2 Å². The second-order valence-corrected chi connectivity index (χ2v) is 27.0. The van der Waals surface area contributed by atoms with Gasteiger partial charge in [0.25, 0.3) is 5.91 Å². The molecule has 0 saturated heterocycles. The van der Waals surface area contributed by atoms with Gasteiger partial charge in [-0.15, -0.1) is 0 Å². The average Bonchev–Trinajstić information content (AvgIpc) is 3.84. The lowest BCUT2D eigenvalue weighted by Gasteiger charge is -2.44. The van der Waals surface area contributed by atoms with E-state index < -0.39 is 17.3 Å². The van der Waals surface area contributed by atoms with Crippen LogP contribution in [0.4, 0.5) is 13.2 Å². The van der Waals surface area contributed by atoms with E-state index in [9.17, 15) is 23.1 Å². The van der Waals surface area contributed by atoms with E-state index >= 15 is 0 Å². The summed E-state index contributed by atoms with van der Waals surface area (Å²) in [7, 11) is 0. The van der Waals surface area contributed by atoms with Crippen molar-refractivity contribution in [2.75, 3.05) is 0 Å². The molecular weight excluding hydrogens is 898 g/mol. The summed E-state index contributed by atoms with van der Waals surface area (Å²) in [4.78, 5) is 12.9. The molecule has 4 nitrogen and oxygen atoms in total. The number of hydrogen-bond donors (Lipinski definition) is 3. The number of amides is 1. The van der Waals surface area contributed by atoms with E-state index in [0.29, 0.717) is 45.8 Å². The molecule has 1 amide bonds. The first-order valence-corrected chi connectivity index (χ1v) is 28.7. The summed E-state index contributed by atoms with van der Waals surface area (Å²) in [5.74, 6) is 5.15. The van der Waals surface area contributed by atoms with Crippen LogP contribution in [-0.4, -0.2) is 28.7 Å². The minimum atomic E-state index is -4.43. The van der Waals surface area contributed by atoms with Crippen LogP contribution in [-0.2, 0) is 6.18 Å². The third kappa shape index (κ3) is 14.6. The van der Waals surface area contributed by atoms with Crippen molar-refractivity contribution in [2.45, 2.75) is 228 Å². The fourth-order valence-corrected chi connectivity index (χ4v) is 15.4. The lowest BCUT2D eigenvalue weighted by atomic mass is 9.60. The molecule has 7 rings (SSSR count). The Morgan fingerprint density at radius 1 is 0.750 bits per heavy atom. The Balaban J connectivity index is 0.000000249. The molecule has 6 fully saturated rings. The topological polar surface area (TPSA) is 75.3 Å². The van der Waals surface area contributed by atoms with Crippen LogP contribution in [0.3, 0.4) is 0 Å². The van der Waals surface area contributed by atoms with E-state index in [0.717, 1.165) is 92.4 Å². The quantitative estimate of drug-likeness (QED) is 0.184. The number of rotatable bonds is 13. The third-order valence-electron chi connectivity index (χ3n) is 19.4. The number of alkyl halides is 3. The van der Waals surface area contributed by atoms with Gasteiger partial charge in [0.2, 0.25) is 0 Å². The summed E-state index contributed by atoms with van der Waals surface area (Å²) in [5, 5.41) is 13.2. The molecule has 72 heavy (non-hydrogen) atoms. The van der Waals surface area contributed by atoms with Crippen LogP contribution in [0.25, 0.3) is 0 Å². The fraction of sp³-hybridized carbons (Fsp3) is 0.708. The van der Waals surface area contributed by atoms with Crippen molar-refractivity contribution >= 4 is 5.91 Å². The van der Waals surface area contributed by atoms with Gasteiger partial charge in [-0.2, -0.15) is 13.2 Å². The summed E-state index contributed by atoms with van der Waals surface area (Å²) < 4.78 is 38.8. The lowest BCUT2D eigenvalue weighted by molar-refractivity contribution is -0.137. The molecule has 6 saturated carbocycles.